The van der Waals surface area contributed by atoms with Crippen molar-refractivity contribution < 1.29 is 14.0 Å². The highest BCUT2D eigenvalue weighted by molar-refractivity contribution is 6.33. The SMILES string of the molecule is CNCCCC(=O)N1CCN(C(=O)c2c(F)cccc2Cl)CC1. The first-order valence-corrected chi connectivity index (χ1v) is 8.08. The molecule has 0 spiro atoms. The molecule has 1 fully saturated rings. The summed E-state index contributed by atoms with van der Waals surface area (Å²) < 4.78 is 13.8. The normalized spacial score (nSPS) is 14.9. The number of carbonyl (C=O) groups excluding carboxylic acids is 2. The molecule has 1 saturated heterocycles. The van der Waals surface area contributed by atoms with Crippen molar-refractivity contribution in [3.05, 3.63) is 34.6 Å². The fourth-order valence-corrected chi connectivity index (χ4v) is 2.84. The second-order valence-corrected chi connectivity index (χ2v) is 5.88. The largest absolute Gasteiger partial charge is 0.339 e. The van der Waals surface area contributed by atoms with Crippen LogP contribution in [0.15, 0.2) is 18.2 Å². The molecule has 1 aliphatic rings. The molecule has 0 unspecified atom stereocenters. The van der Waals surface area contributed by atoms with Crippen LogP contribution in [0.25, 0.3) is 0 Å². The van der Waals surface area contributed by atoms with Gasteiger partial charge in [0.05, 0.1) is 10.6 Å². The molecule has 2 rings (SSSR count). The molecule has 0 saturated carbocycles. The predicted molar refractivity (Wildman–Crippen MR) is 87.1 cm³/mol. The molecule has 5 nitrogen and oxygen atoms in total. The molecule has 1 aromatic carbocycles. The quantitative estimate of drug-likeness (QED) is 0.830. The highest BCUT2D eigenvalue weighted by atomic mass is 35.5. The number of halogens is 2. The molecular formula is C16H21ClFN3O2. The Bertz CT molecular complexity index is 554. The van der Waals surface area contributed by atoms with Gasteiger partial charge in [0.25, 0.3) is 5.91 Å². The van der Waals surface area contributed by atoms with Gasteiger partial charge in [-0.15, -0.1) is 0 Å². The van der Waals surface area contributed by atoms with Crippen LogP contribution < -0.4 is 5.32 Å². The average Bonchev–Trinajstić information content (AvgIpc) is 2.55. The Labute approximate surface area is 140 Å². The van der Waals surface area contributed by atoms with Gasteiger partial charge >= 0.3 is 0 Å². The summed E-state index contributed by atoms with van der Waals surface area (Å²) in [7, 11) is 1.85. The summed E-state index contributed by atoms with van der Waals surface area (Å²) in [6, 6.07) is 4.19. The third-order valence-corrected chi connectivity index (χ3v) is 4.23. The number of hydrogen-bond donors (Lipinski definition) is 1. The van der Waals surface area contributed by atoms with E-state index in [0.717, 1.165) is 13.0 Å². The van der Waals surface area contributed by atoms with Gasteiger partial charge in [-0.1, -0.05) is 17.7 Å². The molecule has 2 amide bonds. The Morgan fingerprint density at radius 2 is 1.87 bits per heavy atom. The molecule has 0 radical (unpaired) electrons. The van der Waals surface area contributed by atoms with Crippen molar-refractivity contribution >= 4 is 23.4 Å². The van der Waals surface area contributed by atoms with E-state index in [1.165, 1.54) is 18.2 Å². The minimum atomic E-state index is -0.618. The Kier molecular flexibility index (Phi) is 6.36. The van der Waals surface area contributed by atoms with Crippen molar-refractivity contribution in [1.82, 2.24) is 15.1 Å². The summed E-state index contributed by atoms with van der Waals surface area (Å²) in [4.78, 5) is 27.8. The van der Waals surface area contributed by atoms with E-state index in [4.69, 9.17) is 11.6 Å². The van der Waals surface area contributed by atoms with Crippen LogP contribution in [-0.2, 0) is 4.79 Å². The molecular weight excluding hydrogens is 321 g/mol. The molecule has 0 bridgehead atoms. The van der Waals surface area contributed by atoms with Crippen molar-refractivity contribution in [1.29, 1.82) is 0 Å². The highest BCUT2D eigenvalue weighted by Gasteiger charge is 2.27. The number of nitrogens with one attached hydrogen (secondary N) is 1. The Hall–Kier alpha value is -1.66. The van der Waals surface area contributed by atoms with Crippen molar-refractivity contribution in [3.63, 3.8) is 0 Å². The van der Waals surface area contributed by atoms with E-state index >= 15 is 0 Å². The van der Waals surface area contributed by atoms with Crippen molar-refractivity contribution in [3.8, 4) is 0 Å². The molecule has 0 atom stereocenters. The molecule has 126 valence electrons. The molecule has 7 heteroatoms. The summed E-state index contributed by atoms with van der Waals surface area (Å²) >= 11 is 5.94. The third-order valence-electron chi connectivity index (χ3n) is 3.91. The smallest absolute Gasteiger partial charge is 0.258 e. The van der Waals surface area contributed by atoms with E-state index in [1.807, 2.05) is 7.05 Å². The highest BCUT2D eigenvalue weighted by Crippen LogP contribution is 2.21. The van der Waals surface area contributed by atoms with Crippen molar-refractivity contribution in [2.45, 2.75) is 12.8 Å². The molecule has 1 aromatic rings. The first kappa shape index (κ1) is 17.7. The lowest BCUT2D eigenvalue weighted by Gasteiger charge is -2.35. The second-order valence-electron chi connectivity index (χ2n) is 5.48. The summed E-state index contributed by atoms with van der Waals surface area (Å²) in [5.74, 6) is -0.945. The van der Waals surface area contributed by atoms with E-state index in [9.17, 15) is 14.0 Å². The maximum Gasteiger partial charge on any atom is 0.258 e. The minimum absolute atomic E-state index is 0.0938. The van der Waals surface area contributed by atoms with Gasteiger partial charge in [0.2, 0.25) is 5.91 Å². The van der Waals surface area contributed by atoms with E-state index < -0.39 is 11.7 Å². The van der Waals surface area contributed by atoms with Crippen LogP contribution in [0.4, 0.5) is 4.39 Å². The van der Waals surface area contributed by atoms with Crippen molar-refractivity contribution in [2.24, 2.45) is 0 Å². The Balaban J connectivity index is 1.91. The lowest BCUT2D eigenvalue weighted by atomic mass is 10.1. The predicted octanol–water partition coefficient (Wildman–Crippen LogP) is 1.76. The zero-order valence-corrected chi connectivity index (χ0v) is 13.9. The van der Waals surface area contributed by atoms with E-state index in [-0.39, 0.29) is 16.5 Å². The maximum absolute atomic E-state index is 13.8. The van der Waals surface area contributed by atoms with Gasteiger partial charge in [-0.05, 0) is 32.1 Å². The lowest BCUT2D eigenvalue weighted by Crippen LogP contribution is -2.50. The standard InChI is InChI=1S/C16H21ClFN3O2/c1-19-7-3-6-14(22)20-8-10-21(11-9-20)16(23)15-12(17)4-2-5-13(15)18/h2,4-5,19H,3,6-11H2,1H3. The van der Waals surface area contributed by atoms with Gasteiger partial charge in [-0.2, -0.15) is 0 Å². The first-order valence-electron chi connectivity index (χ1n) is 7.70. The number of rotatable bonds is 5. The lowest BCUT2D eigenvalue weighted by molar-refractivity contribution is -0.132. The number of amides is 2. The summed E-state index contributed by atoms with van der Waals surface area (Å²) in [6.07, 6.45) is 1.28. The summed E-state index contributed by atoms with van der Waals surface area (Å²) in [5, 5.41) is 3.12. The molecule has 1 N–H and O–H groups in total. The fourth-order valence-electron chi connectivity index (χ4n) is 2.59. The van der Waals surface area contributed by atoms with Gasteiger partial charge in [0, 0.05) is 32.6 Å². The molecule has 0 aromatic heterocycles. The number of carbonyl (C=O) groups is 2. The first-order chi connectivity index (χ1) is 11.0. The van der Waals surface area contributed by atoms with Crippen LogP contribution in [0.1, 0.15) is 23.2 Å². The maximum atomic E-state index is 13.8. The number of benzene rings is 1. The minimum Gasteiger partial charge on any atom is -0.339 e. The zero-order chi connectivity index (χ0) is 16.8. The van der Waals surface area contributed by atoms with E-state index in [2.05, 4.69) is 5.32 Å². The van der Waals surface area contributed by atoms with Gasteiger partial charge in [-0.25, -0.2) is 4.39 Å². The van der Waals surface area contributed by atoms with Gasteiger partial charge in [0.1, 0.15) is 5.82 Å². The number of hydrogen-bond acceptors (Lipinski definition) is 3. The summed E-state index contributed by atoms with van der Waals surface area (Å²) in [6.45, 7) is 2.52. The Morgan fingerprint density at radius 1 is 1.22 bits per heavy atom. The Morgan fingerprint density at radius 3 is 2.48 bits per heavy atom. The molecule has 23 heavy (non-hydrogen) atoms. The van der Waals surface area contributed by atoms with Crippen LogP contribution in [0, 0.1) is 5.82 Å². The van der Waals surface area contributed by atoms with E-state index in [1.54, 1.807) is 9.80 Å². The topological polar surface area (TPSA) is 52.7 Å². The molecule has 1 aliphatic heterocycles. The zero-order valence-electron chi connectivity index (χ0n) is 13.1. The second kappa shape index (κ2) is 8.26. The molecule has 0 aliphatic carbocycles. The monoisotopic (exact) mass is 341 g/mol. The van der Waals surface area contributed by atoms with Gasteiger partial charge < -0.3 is 15.1 Å². The van der Waals surface area contributed by atoms with E-state index in [0.29, 0.717) is 32.6 Å². The van der Waals surface area contributed by atoms with Crippen LogP contribution in [0.3, 0.4) is 0 Å². The van der Waals surface area contributed by atoms with Crippen LogP contribution in [-0.4, -0.2) is 61.4 Å². The summed E-state index contributed by atoms with van der Waals surface area (Å²) in [5.41, 5.74) is -0.0945. The molecule has 1 heterocycles. The average molecular weight is 342 g/mol. The van der Waals surface area contributed by atoms with Crippen LogP contribution in [0.5, 0.6) is 0 Å². The third kappa shape index (κ3) is 4.42. The fraction of sp³-hybridized carbons (Fsp3) is 0.500. The number of nitrogens with zero attached hydrogens (tertiary/aromatic N) is 2. The van der Waals surface area contributed by atoms with Crippen molar-refractivity contribution in [2.75, 3.05) is 39.8 Å². The van der Waals surface area contributed by atoms with Crippen LogP contribution >= 0.6 is 11.6 Å². The van der Waals surface area contributed by atoms with Crippen LogP contribution in [0.2, 0.25) is 5.02 Å². The van der Waals surface area contributed by atoms with Gasteiger partial charge in [0.15, 0.2) is 0 Å². The number of piperazine rings is 1. The van der Waals surface area contributed by atoms with Gasteiger partial charge in [-0.3, -0.25) is 9.59 Å².